The molecule has 3 aliphatic rings. The van der Waals surface area contributed by atoms with Crippen LogP contribution >= 0.6 is 15.6 Å². The van der Waals surface area contributed by atoms with Gasteiger partial charge in [0.1, 0.15) is 54.3 Å². The van der Waals surface area contributed by atoms with Crippen LogP contribution in [0.5, 0.6) is 0 Å². The number of anilines is 2. The van der Waals surface area contributed by atoms with E-state index in [1.165, 1.54) is 21.8 Å². The van der Waals surface area contributed by atoms with Crippen molar-refractivity contribution in [3.05, 3.63) is 25.3 Å². The molecule has 0 amide bonds. The highest BCUT2D eigenvalue weighted by molar-refractivity contribution is 7.46. The summed E-state index contributed by atoms with van der Waals surface area (Å²) in [5.74, 6) is 0.0394. The van der Waals surface area contributed by atoms with Gasteiger partial charge in [0.2, 0.25) is 0 Å². The Labute approximate surface area is 244 Å². The Hall–Kier alpha value is -3.24. The third-order valence-corrected chi connectivity index (χ3v) is 9.15. The van der Waals surface area contributed by atoms with Gasteiger partial charge in [0.15, 0.2) is 29.2 Å². The molecule has 7 heterocycles. The second-order valence-electron chi connectivity index (χ2n) is 9.88. The summed E-state index contributed by atoms with van der Waals surface area (Å²) in [5.41, 5.74) is 12.1. The van der Waals surface area contributed by atoms with Crippen molar-refractivity contribution in [1.29, 1.82) is 0 Å². The van der Waals surface area contributed by atoms with Gasteiger partial charge in [-0.1, -0.05) is 0 Å². The summed E-state index contributed by atoms with van der Waals surface area (Å²) in [4.78, 5) is 49.7. The molecule has 10 atom stereocenters. The minimum Gasteiger partial charge on any atom is -0.847 e. The molecule has 44 heavy (non-hydrogen) atoms. The zero-order valence-corrected chi connectivity index (χ0v) is 23.7. The van der Waals surface area contributed by atoms with Crippen LogP contribution in [0.2, 0.25) is 0 Å². The molecule has 7 rings (SSSR count). The number of imidazole rings is 2. The zero-order chi connectivity index (χ0) is 31.0. The zero-order valence-electron chi connectivity index (χ0n) is 21.9. The number of ether oxygens (including phenoxy) is 2. The Bertz CT molecular complexity index is 1690. The summed E-state index contributed by atoms with van der Waals surface area (Å²) in [5, 5.41) is 24.5. The van der Waals surface area contributed by atoms with Crippen molar-refractivity contribution < 1.29 is 56.7 Å². The van der Waals surface area contributed by atoms with Gasteiger partial charge in [-0.15, -0.1) is 0 Å². The van der Waals surface area contributed by atoms with Gasteiger partial charge in [0.05, 0.1) is 32.0 Å². The lowest BCUT2D eigenvalue weighted by atomic mass is 10.1. The number of phosphoric ester groups is 2. The van der Waals surface area contributed by atoms with E-state index < -0.39 is 77.9 Å². The van der Waals surface area contributed by atoms with Gasteiger partial charge in [-0.2, -0.15) is 0 Å². The van der Waals surface area contributed by atoms with E-state index in [0.717, 1.165) is 12.7 Å². The van der Waals surface area contributed by atoms with Crippen LogP contribution in [0.25, 0.3) is 22.3 Å². The monoisotopic (exact) mass is 655 g/mol. The average Bonchev–Trinajstić information content (AvgIpc) is 3.73. The lowest BCUT2D eigenvalue weighted by Crippen LogP contribution is -2.45. The second-order valence-corrected chi connectivity index (χ2v) is 12.6. The van der Waals surface area contributed by atoms with Gasteiger partial charge >= 0.3 is 0 Å². The number of fused-ring (bicyclic) bond motifs is 4. The summed E-state index contributed by atoms with van der Waals surface area (Å²) in [6, 6.07) is 0. The molecule has 4 aromatic rings. The highest BCUT2D eigenvalue weighted by Crippen LogP contribution is 2.50. The highest BCUT2D eigenvalue weighted by atomic mass is 31.2. The van der Waals surface area contributed by atoms with Crippen molar-refractivity contribution in [2.75, 3.05) is 24.7 Å². The molecule has 0 aromatic carbocycles. The number of hydrogen-bond acceptors (Lipinski definition) is 20. The largest absolute Gasteiger partial charge is 0.847 e. The standard InChI is InChI=1S/C20H23N10O12P2/c21-15-9-17(25-3-23-15)29(5-27-9)19-11(31)13-7(39-19)1-37-43(33,34)42-14-8(2-38-44(35,36)41-13)40-20(12(14)32)30-6-28-10-16(22)24-4-26-18(10)30/h3-8,11-14,19-20,31H,1-2H2,(H,33,34)(H,35,36)(H2,21,23,25)(H2,22,24,26)/q-1/p-2/t7-,8+,11-,12+,13-,14+,19-,20+/m0/s1. The van der Waals surface area contributed by atoms with E-state index in [9.17, 15) is 29.1 Å². The molecule has 3 saturated heterocycles. The van der Waals surface area contributed by atoms with E-state index in [0.29, 0.717) is 0 Å². The number of nitrogen functional groups attached to an aromatic ring is 2. The predicted octanol–water partition coefficient (Wildman–Crippen LogP) is -3.53. The Morgan fingerprint density at radius 2 is 1.25 bits per heavy atom. The molecule has 0 bridgehead atoms. The van der Waals surface area contributed by atoms with E-state index >= 15 is 0 Å². The van der Waals surface area contributed by atoms with E-state index in [4.69, 9.17) is 39.0 Å². The van der Waals surface area contributed by atoms with Crippen LogP contribution in [0.1, 0.15) is 12.5 Å². The van der Waals surface area contributed by atoms with Crippen molar-refractivity contribution in [3.8, 4) is 0 Å². The van der Waals surface area contributed by atoms with Gasteiger partial charge in [-0.25, -0.2) is 29.9 Å². The molecule has 0 radical (unpaired) electrons. The first-order valence-corrected chi connectivity index (χ1v) is 15.6. The maximum absolute atomic E-state index is 13.4. The average molecular weight is 655 g/mol. The molecule has 22 nitrogen and oxygen atoms in total. The third-order valence-electron chi connectivity index (χ3n) is 7.21. The molecule has 0 aliphatic carbocycles. The normalized spacial score (nSPS) is 38.3. The summed E-state index contributed by atoms with van der Waals surface area (Å²) in [6.07, 6.45) is -8.61. The molecule has 5 N–H and O–H groups in total. The SMILES string of the molecule is Nc1ncnc2c1ncn2[C@@H]1O[C@@H]2COP(=O)([O-])O[C@@H]3[C@H](O)[C@@H](n4cnc5c(N)ncnc54)O[C@H]3COP(=O)([O-])O[C@H]2[C@H]1[O-]. The van der Waals surface area contributed by atoms with E-state index in [2.05, 4.69) is 29.9 Å². The molecule has 3 fully saturated rings. The molecule has 4 aromatic heterocycles. The first kappa shape index (κ1) is 29.5. The first-order chi connectivity index (χ1) is 20.9. The maximum Gasteiger partial charge on any atom is 0.268 e. The second kappa shape index (κ2) is 10.7. The molecule has 24 heteroatoms. The minimum atomic E-state index is -5.31. The number of nitrogens with zero attached hydrogens (tertiary/aromatic N) is 8. The fraction of sp³-hybridized carbons (Fsp3) is 0.500. The number of aliphatic hydroxyl groups is 1. The Kier molecular flexibility index (Phi) is 7.16. The van der Waals surface area contributed by atoms with Gasteiger partial charge in [0, 0.05) is 0 Å². The van der Waals surface area contributed by atoms with Crippen LogP contribution in [-0.2, 0) is 36.7 Å². The van der Waals surface area contributed by atoms with Gasteiger partial charge < -0.3 is 59.0 Å². The highest BCUT2D eigenvalue weighted by Gasteiger charge is 2.50. The summed E-state index contributed by atoms with van der Waals surface area (Å²) >= 11 is 0. The molecule has 2 unspecified atom stereocenters. The molecule has 0 saturated carbocycles. The quantitative estimate of drug-likeness (QED) is 0.176. The van der Waals surface area contributed by atoms with Crippen LogP contribution < -0.4 is 26.4 Å². The molecule has 3 aliphatic heterocycles. The van der Waals surface area contributed by atoms with Gasteiger partial charge in [0.25, 0.3) is 15.6 Å². The van der Waals surface area contributed by atoms with Crippen molar-refractivity contribution in [2.45, 2.75) is 49.1 Å². The first-order valence-electron chi connectivity index (χ1n) is 12.7. The van der Waals surface area contributed by atoms with Gasteiger partial charge in [-0.05, 0) is 6.10 Å². The smallest absolute Gasteiger partial charge is 0.268 e. The lowest BCUT2D eigenvalue weighted by molar-refractivity contribution is -0.446. The van der Waals surface area contributed by atoms with Crippen LogP contribution in [0, 0.1) is 0 Å². The van der Waals surface area contributed by atoms with Crippen LogP contribution in [0.3, 0.4) is 0 Å². The van der Waals surface area contributed by atoms with Crippen molar-refractivity contribution in [3.63, 3.8) is 0 Å². The minimum absolute atomic E-state index is 0.0120. The topological polar surface area (TPSA) is 318 Å². The van der Waals surface area contributed by atoms with Crippen LogP contribution in [-0.4, -0.2) is 94.0 Å². The van der Waals surface area contributed by atoms with Crippen molar-refractivity contribution >= 4 is 49.6 Å². The Balaban J connectivity index is 1.17. The number of hydrogen-bond donors (Lipinski definition) is 3. The molecular formula is C20H21N10O12P2-3. The number of aromatic nitrogens is 8. The number of phosphoric acid groups is 2. The number of rotatable bonds is 2. The van der Waals surface area contributed by atoms with Crippen molar-refractivity contribution in [2.24, 2.45) is 0 Å². The summed E-state index contributed by atoms with van der Waals surface area (Å²) in [6.45, 7) is -1.80. The molecular weight excluding hydrogens is 634 g/mol. The van der Waals surface area contributed by atoms with Crippen LogP contribution in [0.15, 0.2) is 25.3 Å². The van der Waals surface area contributed by atoms with E-state index in [-0.39, 0.29) is 34.0 Å². The Morgan fingerprint density at radius 3 is 1.82 bits per heavy atom. The fourth-order valence-electron chi connectivity index (χ4n) is 5.21. The summed E-state index contributed by atoms with van der Waals surface area (Å²) < 4.78 is 59.9. The maximum atomic E-state index is 13.4. The number of nitrogens with two attached hydrogens (primary N) is 2. The van der Waals surface area contributed by atoms with E-state index in [1.54, 1.807) is 0 Å². The van der Waals surface area contributed by atoms with Crippen molar-refractivity contribution in [1.82, 2.24) is 39.0 Å². The van der Waals surface area contributed by atoms with Gasteiger partial charge in [-0.3, -0.25) is 18.3 Å². The molecule has 236 valence electrons. The lowest BCUT2D eigenvalue weighted by Gasteiger charge is -2.36. The molecule has 0 spiro atoms. The summed E-state index contributed by atoms with van der Waals surface area (Å²) in [7, 11) is -10.6. The third kappa shape index (κ3) is 5.04. The fourth-order valence-corrected chi connectivity index (χ4v) is 7.10. The Morgan fingerprint density at radius 1 is 0.773 bits per heavy atom. The number of aliphatic hydroxyl groups excluding tert-OH is 1. The van der Waals surface area contributed by atoms with Crippen LogP contribution in [0.4, 0.5) is 11.6 Å². The predicted molar refractivity (Wildman–Crippen MR) is 134 cm³/mol. The van der Waals surface area contributed by atoms with E-state index in [1.807, 2.05) is 0 Å².